The van der Waals surface area contributed by atoms with Crippen LogP contribution in [0.3, 0.4) is 0 Å². The lowest BCUT2D eigenvalue weighted by Crippen LogP contribution is -2.58. The second kappa shape index (κ2) is 6.06. The molecule has 2 rings (SSSR count). The van der Waals surface area contributed by atoms with Gasteiger partial charge in [0.2, 0.25) is 17.7 Å². The molecule has 3 amide bonds. The Hall–Kier alpha value is -2.14. The van der Waals surface area contributed by atoms with E-state index in [0.717, 1.165) is 0 Å². The summed E-state index contributed by atoms with van der Waals surface area (Å²) in [5, 5.41) is 21.6. The van der Waals surface area contributed by atoms with Crippen LogP contribution in [-0.2, 0) is 14.4 Å². The predicted molar refractivity (Wildman–Crippen MR) is 84.0 cm³/mol. The second-order valence-corrected chi connectivity index (χ2v) is 7.76. The Morgan fingerprint density at radius 3 is 2.38 bits per heavy atom. The van der Waals surface area contributed by atoms with Crippen molar-refractivity contribution >= 4 is 17.7 Å². The fraction of sp³-hybridized carbons (Fsp3) is 0.750. The molecule has 0 radical (unpaired) electrons. The summed E-state index contributed by atoms with van der Waals surface area (Å²) < 4.78 is 0. The number of primary amides is 1. The molecule has 2 fully saturated rings. The second-order valence-electron chi connectivity index (χ2n) is 7.76. The molecule has 1 aliphatic carbocycles. The van der Waals surface area contributed by atoms with E-state index < -0.39 is 46.7 Å². The molecule has 0 aromatic heterocycles. The fourth-order valence-electron chi connectivity index (χ4n) is 2.93. The Bertz CT molecular complexity index is 600. The van der Waals surface area contributed by atoms with Crippen molar-refractivity contribution in [1.82, 2.24) is 10.2 Å². The standard InChI is InChI=1S/C16H24N4O4/c1-15(2,3)11(19-14(24)16(8-17)4-5-16)13(23)20-7-9(21)6-10(20)12(18)22/h9-11,21H,4-7H2,1-3H3,(H2,18,22)(H,19,24)/t9?,10?,11-/m1/s1. The van der Waals surface area contributed by atoms with Crippen molar-refractivity contribution in [3.8, 4) is 6.07 Å². The van der Waals surface area contributed by atoms with Gasteiger partial charge in [0, 0.05) is 13.0 Å². The molecule has 3 atom stereocenters. The molecule has 8 heteroatoms. The molecular weight excluding hydrogens is 312 g/mol. The van der Waals surface area contributed by atoms with E-state index in [1.165, 1.54) is 4.90 Å². The Morgan fingerprint density at radius 2 is 1.96 bits per heavy atom. The third-order valence-corrected chi connectivity index (χ3v) is 4.68. The van der Waals surface area contributed by atoms with E-state index in [0.29, 0.717) is 12.8 Å². The van der Waals surface area contributed by atoms with Crippen LogP contribution >= 0.6 is 0 Å². The number of nitriles is 1. The van der Waals surface area contributed by atoms with Gasteiger partial charge in [0.05, 0.1) is 12.2 Å². The summed E-state index contributed by atoms with van der Waals surface area (Å²) >= 11 is 0. The Morgan fingerprint density at radius 1 is 1.38 bits per heavy atom. The van der Waals surface area contributed by atoms with Crippen molar-refractivity contribution < 1.29 is 19.5 Å². The summed E-state index contributed by atoms with van der Waals surface area (Å²) in [7, 11) is 0. The summed E-state index contributed by atoms with van der Waals surface area (Å²) in [4.78, 5) is 38.1. The normalized spacial score (nSPS) is 26.4. The lowest BCUT2D eigenvalue weighted by atomic mass is 9.85. The molecule has 24 heavy (non-hydrogen) atoms. The van der Waals surface area contributed by atoms with Gasteiger partial charge in [-0.15, -0.1) is 0 Å². The number of carbonyl (C=O) groups is 3. The van der Waals surface area contributed by atoms with Gasteiger partial charge in [-0.2, -0.15) is 5.26 Å². The maximum absolute atomic E-state index is 12.9. The molecule has 1 aliphatic heterocycles. The van der Waals surface area contributed by atoms with Crippen LogP contribution in [-0.4, -0.2) is 52.5 Å². The zero-order valence-corrected chi connectivity index (χ0v) is 14.2. The van der Waals surface area contributed by atoms with Gasteiger partial charge in [-0.1, -0.05) is 20.8 Å². The molecule has 0 bridgehead atoms. The first kappa shape index (κ1) is 18.2. The first-order valence-corrected chi connectivity index (χ1v) is 8.02. The van der Waals surface area contributed by atoms with Gasteiger partial charge in [0.25, 0.3) is 0 Å². The largest absolute Gasteiger partial charge is 0.391 e. The molecule has 0 aromatic rings. The van der Waals surface area contributed by atoms with E-state index >= 15 is 0 Å². The number of nitrogens with two attached hydrogens (primary N) is 1. The van der Waals surface area contributed by atoms with Gasteiger partial charge in [-0.25, -0.2) is 0 Å². The quantitative estimate of drug-likeness (QED) is 0.621. The van der Waals surface area contributed by atoms with E-state index in [4.69, 9.17) is 11.0 Å². The van der Waals surface area contributed by atoms with Crippen LogP contribution in [0.1, 0.15) is 40.0 Å². The molecule has 132 valence electrons. The van der Waals surface area contributed by atoms with Gasteiger partial charge >= 0.3 is 0 Å². The molecule has 0 aromatic carbocycles. The van der Waals surface area contributed by atoms with Crippen LogP contribution in [0, 0.1) is 22.2 Å². The average molecular weight is 336 g/mol. The summed E-state index contributed by atoms with van der Waals surface area (Å²) in [6.45, 7) is 5.35. The lowest BCUT2D eigenvalue weighted by Gasteiger charge is -2.35. The molecule has 8 nitrogen and oxygen atoms in total. The molecule has 1 heterocycles. The van der Waals surface area contributed by atoms with E-state index in [-0.39, 0.29) is 13.0 Å². The molecule has 4 N–H and O–H groups in total. The van der Waals surface area contributed by atoms with Gasteiger partial charge in [0.15, 0.2) is 0 Å². The van der Waals surface area contributed by atoms with Gasteiger partial charge < -0.3 is 21.1 Å². The highest BCUT2D eigenvalue weighted by molar-refractivity contribution is 5.95. The van der Waals surface area contributed by atoms with E-state index in [1.807, 2.05) is 6.07 Å². The number of aliphatic hydroxyl groups is 1. The topological polar surface area (TPSA) is 137 Å². The van der Waals surface area contributed by atoms with Crippen LogP contribution in [0.25, 0.3) is 0 Å². The number of aliphatic hydroxyl groups excluding tert-OH is 1. The first-order chi connectivity index (χ1) is 11.0. The number of nitrogens with one attached hydrogen (secondary N) is 1. The van der Waals surface area contributed by atoms with E-state index in [9.17, 15) is 19.5 Å². The van der Waals surface area contributed by atoms with Crippen LogP contribution in [0.2, 0.25) is 0 Å². The summed E-state index contributed by atoms with van der Waals surface area (Å²) in [5.41, 5.74) is 3.65. The SMILES string of the molecule is CC(C)(C)[C@H](NC(=O)C1(C#N)CC1)C(=O)N1CC(O)CC1C(N)=O. The number of likely N-dealkylation sites (tertiary alicyclic amines) is 1. The van der Waals surface area contributed by atoms with Crippen molar-refractivity contribution in [2.45, 2.75) is 58.2 Å². The summed E-state index contributed by atoms with van der Waals surface area (Å²) in [6.07, 6.45) is 0.227. The highest BCUT2D eigenvalue weighted by atomic mass is 16.3. The maximum Gasteiger partial charge on any atom is 0.246 e. The van der Waals surface area contributed by atoms with E-state index in [2.05, 4.69) is 5.32 Å². The molecule has 1 saturated heterocycles. The molecule has 2 aliphatic rings. The average Bonchev–Trinajstić information content (AvgIpc) is 3.18. The smallest absolute Gasteiger partial charge is 0.246 e. The van der Waals surface area contributed by atoms with Crippen molar-refractivity contribution in [3.05, 3.63) is 0 Å². The number of rotatable bonds is 4. The zero-order valence-electron chi connectivity index (χ0n) is 14.2. The van der Waals surface area contributed by atoms with Gasteiger partial charge in [-0.05, 0) is 18.3 Å². The highest BCUT2D eigenvalue weighted by Gasteiger charge is 2.53. The number of β-amino-alcohol motifs (C(OH)–C–C–N with tert-alkyl or cyclic N) is 1. The minimum absolute atomic E-state index is 0.00170. The van der Waals surface area contributed by atoms with Crippen LogP contribution < -0.4 is 11.1 Å². The molecule has 2 unspecified atom stereocenters. The highest BCUT2D eigenvalue weighted by Crippen LogP contribution is 2.45. The van der Waals surface area contributed by atoms with Crippen molar-refractivity contribution in [3.63, 3.8) is 0 Å². The van der Waals surface area contributed by atoms with Crippen molar-refractivity contribution in [2.75, 3.05) is 6.54 Å². The molecule has 0 spiro atoms. The first-order valence-electron chi connectivity index (χ1n) is 8.02. The Labute approximate surface area is 141 Å². The van der Waals surface area contributed by atoms with Gasteiger partial charge in [-0.3, -0.25) is 14.4 Å². The Kier molecular flexibility index (Phi) is 4.59. The third kappa shape index (κ3) is 3.36. The molecular formula is C16H24N4O4. The van der Waals surface area contributed by atoms with Crippen LogP contribution in [0.4, 0.5) is 0 Å². The number of nitrogens with zero attached hydrogens (tertiary/aromatic N) is 2. The molecule has 1 saturated carbocycles. The fourth-order valence-corrected chi connectivity index (χ4v) is 2.93. The number of carbonyl (C=O) groups excluding carboxylic acids is 3. The van der Waals surface area contributed by atoms with Crippen molar-refractivity contribution in [1.29, 1.82) is 5.26 Å². The minimum atomic E-state index is -1.04. The zero-order chi connectivity index (χ0) is 18.3. The summed E-state index contributed by atoms with van der Waals surface area (Å²) in [6, 6.07) is 0.198. The summed E-state index contributed by atoms with van der Waals surface area (Å²) in [5.74, 6) is -1.62. The maximum atomic E-state index is 12.9. The minimum Gasteiger partial charge on any atom is -0.391 e. The van der Waals surface area contributed by atoms with Crippen molar-refractivity contribution in [2.24, 2.45) is 16.6 Å². The number of amides is 3. The lowest BCUT2D eigenvalue weighted by molar-refractivity contribution is -0.143. The predicted octanol–water partition coefficient (Wildman–Crippen LogP) is -0.732. The van der Waals surface area contributed by atoms with Crippen LogP contribution in [0.5, 0.6) is 0 Å². The van der Waals surface area contributed by atoms with Gasteiger partial charge in [0.1, 0.15) is 17.5 Å². The number of hydrogen-bond acceptors (Lipinski definition) is 5. The Balaban J connectivity index is 2.22. The monoisotopic (exact) mass is 336 g/mol. The van der Waals surface area contributed by atoms with Crippen LogP contribution in [0.15, 0.2) is 0 Å². The third-order valence-electron chi connectivity index (χ3n) is 4.68. The van der Waals surface area contributed by atoms with E-state index in [1.54, 1.807) is 20.8 Å². The number of hydrogen-bond donors (Lipinski definition) is 3.